The van der Waals surface area contributed by atoms with Gasteiger partial charge in [0.1, 0.15) is 22.8 Å². The Balaban J connectivity index is 1.02. The van der Waals surface area contributed by atoms with E-state index in [0.29, 0.717) is 33.8 Å². The van der Waals surface area contributed by atoms with E-state index in [0.717, 1.165) is 68.7 Å². The Kier molecular flexibility index (Phi) is 14.3. The van der Waals surface area contributed by atoms with Crippen molar-refractivity contribution in [2.75, 3.05) is 0 Å². The Bertz CT molecular complexity index is 3360. The van der Waals surface area contributed by atoms with Gasteiger partial charge in [-0.1, -0.05) is 205 Å². The Morgan fingerprint density at radius 3 is 1.25 bits per heavy atom. The van der Waals surface area contributed by atoms with Gasteiger partial charge in [-0.15, -0.1) is 0 Å². The summed E-state index contributed by atoms with van der Waals surface area (Å²) in [4.78, 5) is 27.5. The van der Waals surface area contributed by atoms with Crippen molar-refractivity contribution < 1.29 is 19.1 Å². The molecule has 4 nitrogen and oxygen atoms in total. The summed E-state index contributed by atoms with van der Waals surface area (Å²) in [5.41, 5.74) is 13.4. The highest BCUT2D eigenvalue weighted by Crippen LogP contribution is 2.43. The third-order valence-corrected chi connectivity index (χ3v) is 14.8. The first-order valence-electron chi connectivity index (χ1n) is 25.5. The van der Waals surface area contributed by atoms with Crippen LogP contribution in [0.3, 0.4) is 0 Å². The van der Waals surface area contributed by atoms with Crippen LogP contribution in [-0.2, 0) is 10.8 Å². The molecule has 9 rings (SSSR count). The van der Waals surface area contributed by atoms with Crippen molar-refractivity contribution in [1.82, 2.24) is 0 Å². The molecular formula is C69H64O4. The molecule has 0 saturated heterocycles. The zero-order valence-corrected chi connectivity index (χ0v) is 43.3. The highest BCUT2D eigenvalue weighted by molar-refractivity contribution is 6.13. The average molecular weight is 957 g/mol. The topological polar surface area (TPSA) is 52.6 Å². The van der Waals surface area contributed by atoms with Crippen LogP contribution in [0.25, 0.3) is 44.5 Å². The fourth-order valence-electron chi connectivity index (χ4n) is 9.16. The van der Waals surface area contributed by atoms with Crippen LogP contribution in [-0.4, -0.2) is 17.2 Å². The zero-order valence-electron chi connectivity index (χ0n) is 43.3. The molecule has 73 heavy (non-hydrogen) atoms. The van der Waals surface area contributed by atoms with E-state index < -0.39 is 5.41 Å². The average Bonchev–Trinajstić information content (AvgIpc) is 3.43. The van der Waals surface area contributed by atoms with E-state index in [9.17, 15) is 9.59 Å². The Morgan fingerprint density at radius 2 is 0.781 bits per heavy atom. The van der Waals surface area contributed by atoms with Crippen LogP contribution in [0.1, 0.15) is 117 Å². The maximum Gasteiger partial charge on any atom is 0.193 e. The lowest BCUT2D eigenvalue weighted by Gasteiger charge is -2.30. The van der Waals surface area contributed by atoms with Crippen LogP contribution >= 0.6 is 0 Å². The lowest BCUT2D eigenvalue weighted by atomic mass is 9.76. The molecule has 0 radical (unpaired) electrons. The van der Waals surface area contributed by atoms with Crippen LogP contribution < -0.4 is 9.47 Å². The molecule has 0 heterocycles. The molecule has 4 heteroatoms. The predicted molar refractivity (Wildman–Crippen MR) is 301 cm³/mol. The number of hydrogen-bond acceptors (Lipinski definition) is 4. The van der Waals surface area contributed by atoms with E-state index in [2.05, 4.69) is 189 Å². The number of benzene rings is 9. The van der Waals surface area contributed by atoms with Crippen LogP contribution in [0.2, 0.25) is 0 Å². The highest BCUT2D eigenvalue weighted by atomic mass is 16.5. The number of carbonyl (C=O) groups excluding carboxylic acids is 2. The first-order chi connectivity index (χ1) is 35.1. The van der Waals surface area contributed by atoms with Gasteiger partial charge in [-0.25, -0.2) is 0 Å². The van der Waals surface area contributed by atoms with Crippen molar-refractivity contribution in [2.24, 2.45) is 0 Å². The van der Waals surface area contributed by atoms with E-state index in [4.69, 9.17) is 9.47 Å². The molecule has 0 aliphatic heterocycles. The largest absolute Gasteiger partial charge is 0.487 e. The molecule has 0 fully saturated rings. The van der Waals surface area contributed by atoms with Gasteiger partial charge in [-0.05, 0) is 137 Å². The third-order valence-electron chi connectivity index (χ3n) is 14.8. The van der Waals surface area contributed by atoms with Gasteiger partial charge in [-0.2, -0.15) is 0 Å². The normalized spacial score (nSPS) is 11.8. The molecule has 0 aliphatic rings. The van der Waals surface area contributed by atoms with Crippen LogP contribution in [0.4, 0.5) is 0 Å². The van der Waals surface area contributed by atoms with Gasteiger partial charge in [-0.3, -0.25) is 9.59 Å². The van der Waals surface area contributed by atoms with Crippen LogP contribution in [0.15, 0.2) is 218 Å². The monoisotopic (exact) mass is 956 g/mol. The molecule has 0 unspecified atom stereocenters. The second-order valence-electron chi connectivity index (χ2n) is 20.8. The van der Waals surface area contributed by atoms with Gasteiger partial charge in [0.05, 0.1) is 0 Å². The molecule has 0 bridgehead atoms. The van der Waals surface area contributed by atoms with Gasteiger partial charge < -0.3 is 9.47 Å². The van der Waals surface area contributed by atoms with Crippen molar-refractivity contribution in [3.63, 3.8) is 0 Å². The van der Waals surface area contributed by atoms with Gasteiger partial charge in [0.25, 0.3) is 0 Å². The quantitative estimate of drug-likeness (QED) is 0.0854. The standard InChI is InChI=1S/C69H64O4/c1-9-67(3,4)57-36-32-53(33-37-57)65(70)55-22-17-23-56(44-55)66(71)54-34-40-60(41-35-54)72-63-42-38-58(45-61(63)51-28-24-49(25-29-51)47-18-13-11-14-19-47)69(7,8)59-39-43-64(73-68(5,6)10-2)62(46-59)52-30-26-50(27-31-52)48-20-15-12-16-21-48/h11-46H,9-10H2,1-8H3. The molecule has 9 aromatic rings. The number of ketones is 2. The molecule has 364 valence electrons. The van der Waals surface area contributed by atoms with Crippen molar-refractivity contribution in [3.05, 3.63) is 257 Å². The van der Waals surface area contributed by atoms with E-state index in [-0.39, 0.29) is 22.6 Å². The Hall–Kier alpha value is -8.08. The van der Waals surface area contributed by atoms with Gasteiger partial charge in [0, 0.05) is 38.8 Å². The maximum absolute atomic E-state index is 13.9. The number of rotatable bonds is 17. The second kappa shape index (κ2) is 20.9. The summed E-state index contributed by atoms with van der Waals surface area (Å²) in [6, 6.07) is 73.4. The second-order valence-corrected chi connectivity index (χ2v) is 20.8. The molecule has 0 spiro atoms. The number of carbonyl (C=O) groups is 2. The minimum Gasteiger partial charge on any atom is -0.487 e. The lowest BCUT2D eigenvalue weighted by Crippen LogP contribution is -2.27. The molecule has 0 N–H and O–H groups in total. The summed E-state index contributed by atoms with van der Waals surface area (Å²) in [6.45, 7) is 17.5. The molecule has 0 aliphatic carbocycles. The first kappa shape index (κ1) is 49.9. The Morgan fingerprint density at radius 1 is 0.370 bits per heavy atom. The van der Waals surface area contributed by atoms with Crippen molar-refractivity contribution in [1.29, 1.82) is 0 Å². The van der Waals surface area contributed by atoms with Crippen molar-refractivity contribution in [3.8, 4) is 61.8 Å². The minimum absolute atomic E-state index is 0.0215. The van der Waals surface area contributed by atoms with Gasteiger partial charge in [0.15, 0.2) is 11.6 Å². The van der Waals surface area contributed by atoms with Crippen molar-refractivity contribution >= 4 is 11.6 Å². The maximum atomic E-state index is 13.9. The van der Waals surface area contributed by atoms with E-state index in [1.54, 1.807) is 36.4 Å². The van der Waals surface area contributed by atoms with E-state index in [1.165, 1.54) is 11.1 Å². The molecular weight excluding hydrogens is 893 g/mol. The predicted octanol–water partition coefficient (Wildman–Crippen LogP) is 18.2. The summed E-state index contributed by atoms with van der Waals surface area (Å²) >= 11 is 0. The van der Waals surface area contributed by atoms with Crippen LogP contribution in [0, 0.1) is 0 Å². The SMILES string of the molecule is CCC(C)(C)Oc1ccc(C(C)(C)c2ccc(Oc3ccc(C(=O)c4cccc(C(=O)c5ccc(C(C)(C)CC)cc5)c4)cc3)c(-c3ccc(-c4ccccc4)cc3)c2)cc1-c1ccc(-c2ccccc2)cc1. The van der Waals surface area contributed by atoms with Crippen molar-refractivity contribution in [2.45, 2.75) is 84.7 Å². The fraction of sp³-hybridized carbons (Fsp3) is 0.188. The lowest BCUT2D eigenvalue weighted by molar-refractivity contribution is 0.103. The first-order valence-corrected chi connectivity index (χ1v) is 25.5. The molecule has 0 atom stereocenters. The third kappa shape index (κ3) is 11.1. The van der Waals surface area contributed by atoms with Gasteiger partial charge in [0.2, 0.25) is 0 Å². The summed E-state index contributed by atoms with van der Waals surface area (Å²) in [5.74, 6) is 1.85. The molecule has 9 aromatic carbocycles. The summed E-state index contributed by atoms with van der Waals surface area (Å²) in [5, 5.41) is 0. The smallest absolute Gasteiger partial charge is 0.193 e. The molecule has 0 amide bonds. The zero-order chi connectivity index (χ0) is 51.3. The summed E-state index contributed by atoms with van der Waals surface area (Å²) in [7, 11) is 0. The highest BCUT2D eigenvalue weighted by Gasteiger charge is 2.28. The van der Waals surface area contributed by atoms with E-state index in [1.807, 2.05) is 48.5 Å². The summed E-state index contributed by atoms with van der Waals surface area (Å²) < 4.78 is 13.5. The number of hydrogen-bond donors (Lipinski definition) is 0. The fourth-order valence-corrected chi connectivity index (χ4v) is 9.16. The molecule has 0 saturated carbocycles. The number of ether oxygens (including phenoxy) is 2. The molecule has 0 aromatic heterocycles. The van der Waals surface area contributed by atoms with Crippen LogP contribution in [0.5, 0.6) is 17.2 Å². The Labute approximate surface area is 432 Å². The van der Waals surface area contributed by atoms with E-state index >= 15 is 0 Å². The van der Waals surface area contributed by atoms with Gasteiger partial charge >= 0.3 is 0 Å². The minimum atomic E-state index is -0.435. The summed E-state index contributed by atoms with van der Waals surface area (Å²) in [6.07, 6.45) is 1.86.